The number of pyridine rings is 1. The summed E-state index contributed by atoms with van der Waals surface area (Å²) >= 11 is 0. The van der Waals surface area contributed by atoms with Crippen molar-refractivity contribution >= 4 is 17.3 Å². The van der Waals surface area contributed by atoms with E-state index in [0.717, 1.165) is 42.7 Å². The van der Waals surface area contributed by atoms with Gasteiger partial charge in [-0.2, -0.15) is 18.3 Å². The number of rotatable bonds is 4. The summed E-state index contributed by atoms with van der Waals surface area (Å²) in [5, 5.41) is 3.96. The van der Waals surface area contributed by atoms with Gasteiger partial charge in [0.25, 0.3) is 0 Å². The highest BCUT2D eigenvalue weighted by Crippen LogP contribution is 2.34. The van der Waals surface area contributed by atoms with Crippen molar-refractivity contribution in [3.63, 3.8) is 0 Å². The highest BCUT2D eigenvalue weighted by molar-refractivity contribution is 5.77. The van der Waals surface area contributed by atoms with Gasteiger partial charge in [-0.1, -0.05) is 0 Å². The Kier molecular flexibility index (Phi) is 8.22. The Balaban J connectivity index is 0.000000176. The molecular weight excluding hydrogens is 578 g/mol. The van der Waals surface area contributed by atoms with Gasteiger partial charge in [0.1, 0.15) is 17.0 Å². The first-order valence-electron chi connectivity index (χ1n) is 13.1. The van der Waals surface area contributed by atoms with Crippen molar-refractivity contribution in [3.05, 3.63) is 100 Å². The van der Waals surface area contributed by atoms with E-state index in [1.807, 2.05) is 7.05 Å². The van der Waals surface area contributed by atoms with Crippen LogP contribution in [0.2, 0.25) is 0 Å². The van der Waals surface area contributed by atoms with Crippen LogP contribution in [0, 0.1) is 17.5 Å². The lowest BCUT2D eigenvalue weighted by Gasteiger charge is -2.29. The molecule has 0 amide bonds. The van der Waals surface area contributed by atoms with Crippen LogP contribution in [0.3, 0.4) is 0 Å². The smallest absolute Gasteiger partial charge is 0.306 e. The number of aromatic nitrogens is 5. The Hall–Kier alpha value is -4.72. The summed E-state index contributed by atoms with van der Waals surface area (Å²) in [4.78, 5) is 31.7. The average molecular weight is 603 g/mol. The van der Waals surface area contributed by atoms with Crippen molar-refractivity contribution in [1.82, 2.24) is 29.2 Å². The summed E-state index contributed by atoms with van der Waals surface area (Å²) < 4.78 is 82.0. The molecule has 8 nitrogen and oxygen atoms in total. The van der Waals surface area contributed by atoms with Crippen LogP contribution >= 0.6 is 0 Å². The van der Waals surface area contributed by atoms with Crippen LogP contribution in [0.25, 0.3) is 28.0 Å². The molecule has 3 aromatic heterocycles. The molecule has 4 heterocycles. The normalized spacial score (nSPS) is 14.5. The predicted octanol–water partition coefficient (Wildman–Crippen LogP) is 5.78. The summed E-state index contributed by atoms with van der Waals surface area (Å²) in [6.07, 6.45) is 0.180. The Labute approximate surface area is 240 Å². The van der Waals surface area contributed by atoms with E-state index in [2.05, 4.69) is 20.0 Å². The fourth-order valence-corrected chi connectivity index (χ4v) is 4.99. The Bertz CT molecular complexity index is 1820. The SMILES string of the molecule is CN1CCC(n2c(=O)[nH]c3ccc(F)c(F)c32)CC1.O=Cc1cc(-c2cccnc2)n(-c2ccc(F)c(C(F)(F)F)c2)n1. The molecule has 1 N–H and O–H groups in total. The molecule has 0 bridgehead atoms. The molecule has 0 saturated carbocycles. The minimum atomic E-state index is -4.84. The quantitative estimate of drug-likeness (QED) is 0.208. The van der Waals surface area contributed by atoms with Crippen LogP contribution < -0.4 is 5.69 Å². The standard InChI is InChI=1S/C16H9F4N3O.C13H15F2N3O/c17-14-4-3-12(7-13(14)16(18,19)20)23-15(6-11(9-24)22-23)10-2-1-5-21-8-10;1-17-6-4-8(5-7-17)18-12-10(16-13(18)19)3-2-9(14)11(12)15/h1-9H;2-3,8H,4-7H2,1H3,(H,16,19). The first-order chi connectivity index (χ1) is 20.5. The van der Waals surface area contributed by atoms with E-state index in [-0.39, 0.29) is 28.6 Å². The number of benzene rings is 2. The lowest BCUT2D eigenvalue weighted by atomic mass is 10.1. The largest absolute Gasteiger partial charge is 0.419 e. The van der Waals surface area contributed by atoms with E-state index in [4.69, 9.17) is 0 Å². The number of piperidine rings is 1. The molecule has 0 spiro atoms. The number of H-pyrrole nitrogens is 1. The zero-order valence-corrected chi connectivity index (χ0v) is 22.6. The first-order valence-corrected chi connectivity index (χ1v) is 13.1. The number of carbonyl (C=O) groups excluding carboxylic acids is 1. The van der Waals surface area contributed by atoms with Gasteiger partial charge in [-0.05, 0) is 81.5 Å². The second kappa shape index (κ2) is 11.9. The molecule has 1 fully saturated rings. The summed E-state index contributed by atoms with van der Waals surface area (Å²) in [6.45, 7) is 1.70. The van der Waals surface area contributed by atoms with Crippen LogP contribution in [0.15, 0.2) is 65.7 Å². The number of fused-ring (bicyclic) bond motifs is 1. The molecule has 0 radical (unpaired) electrons. The van der Waals surface area contributed by atoms with Crippen molar-refractivity contribution < 1.29 is 31.1 Å². The van der Waals surface area contributed by atoms with E-state index in [1.54, 1.807) is 12.1 Å². The third-order valence-electron chi connectivity index (χ3n) is 7.13. The maximum Gasteiger partial charge on any atom is 0.419 e. The first kappa shape index (κ1) is 29.8. The van der Waals surface area contributed by atoms with Crippen LogP contribution in [0.1, 0.15) is 34.9 Å². The topological polar surface area (TPSA) is 88.8 Å². The number of nitrogens with one attached hydrogen (secondary N) is 1. The van der Waals surface area contributed by atoms with Crippen molar-refractivity contribution in [1.29, 1.82) is 0 Å². The molecule has 43 heavy (non-hydrogen) atoms. The zero-order valence-electron chi connectivity index (χ0n) is 22.6. The van der Waals surface area contributed by atoms with Crippen molar-refractivity contribution in [2.75, 3.05) is 20.1 Å². The van der Waals surface area contributed by atoms with E-state index >= 15 is 0 Å². The van der Waals surface area contributed by atoms with Gasteiger partial charge >= 0.3 is 11.9 Å². The minimum Gasteiger partial charge on any atom is -0.306 e. The van der Waals surface area contributed by atoms with E-state index in [0.29, 0.717) is 35.2 Å². The fraction of sp³-hybridized carbons (Fsp3) is 0.241. The Morgan fingerprint density at radius 3 is 2.37 bits per heavy atom. The fourth-order valence-electron chi connectivity index (χ4n) is 4.99. The van der Waals surface area contributed by atoms with Crippen molar-refractivity contribution in [3.8, 4) is 16.9 Å². The molecule has 0 atom stereocenters. The highest BCUT2D eigenvalue weighted by atomic mass is 19.4. The number of carbonyl (C=O) groups is 1. The molecular formula is C29H24F6N6O2. The number of aldehydes is 1. The number of hydrogen-bond acceptors (Lipinski definition) is 5. The number of likely N-dealkylation sites (tertiary alicyclic amines) is 1. The lowest BCUT2D eigenvalue weighted by molar-refractivity contribution is -0.140. The Morgan fingerprint density at radius 2 is 1.72 bits per heavy atom. The maximum atomic E-state index is 13.9. The third kappa shape index (κ3) is 6.09. The minimum absolute atomic E-state index is 0.0179. The molecule has 2 aromatic carbocycles. The molecule has 0 aliphatic carbocycles. The summed E-state index contributed by atoms with van der Waals surface area (Å²) in [6, 6.07) is 9.61. The van der Waals surface area contributed by atoms with Gasteiger partial charge in [-0.25, -0.2) is 22.6 Å². The molecule has 0 unspecified atom stereocenters. The molecule has 224 valence electrons. The summed E-state index contributed by atoms with van der Waals surface area (Å²) in [7, 11) is 2.01. The van der Waals surface area contributed by atoms with Crippen LogP contribution in [0.5, 0.6) is 0 Å². The zero-order chi connectivity index (χ0) is 30.9. The van der Waals surface area contributed by atoms with Gasteiger partial charge in [0.15, 0.2) is 17.9 Å². The summed E-state index contributed by atoms with van der Waals surface area (Å²) in [5.74, 6) is -3.25. The predicted molar refractivity (Wildman–Crippen MR) is 145 cm³/mol. The maximum absolute atomic E-state index is 13.9. The van der Waals surface area contributed by atoms with Gasteiger partial charge in [0.2, 0.25) is 0 Å². The van der Waals surface area contributed by atoms with Gasteiger partial charge < -0.3 is 9.88 Å². The number of nitrogens with zero attached hydrogens (tertiary/aromatic N) is 5. The molecule has 1 saturated heterocycles. The van der Waals surface area contributed by atoms with E-state index in [1.165, 1.54) is 29.1 Å². The number of hydrogen-bond donors (Lipinski definition) is 1. The number of aromatic amines is 1. The lowest BCUT2D eigenvalue weighted by Crippen LogP contribution is -2.34. The van der Waals surface area contributed by atoms with Crippen molar-refractivity contribution in [2.24, 2.45) is 0 Å². The van der Waals surface area contributed by atoms with Crippen LogP contribution in [-0.2, 0) is 6.18 Å². The highest BCUT2D eigenvalue weighted by Gasteiger charge is 2.34. The molecule has 14 heteroatoms. The Morgan fingerprint density at radius 1 is 1.00 bits per heavy atom. The molecule has 1 aliphatic heterocycles. The summed E-state index contributed by atoms with van der Waals surface area (Å²) in [5.41, 5.74) is -0.431. The number of imidazole rings is 1. The monoisotopic (exact) mass is 602 g/mol. The number of halogens is 6. The average Bonchev–Trinajstić information content (AvgIpc) is 3.57. The van der Waals surface area contributed by atoms with Gasteiger partial charge in [0, 0.05) is 24.0 Å². The second-order valence-electron chi connectivity index (χ2n) is 9.98. The molecule has 6 rings (SSSR count). The van der Waals surface area contributed by atoms with Gasteiger partial charge in [-0.3, -0.25) is 14.3 Å². The van der Waals surface area contributed by atoms with E-state index < -0.39 is 29.2 Å². The number of alkyl halides is 3. The van der Waals surface area contributed by atoms with E-state index in [9.17, 15) is 35.9 Å². The second-order valence-corrected chi connectivity index (χ2v) is 9.98. The molecule has 1 aliphatic rings. The van der Waals surface area contributed by atoms with Gasteiger partial charge in [-0.15, -0.1) is 0 Å². The third-order valence-corrected chi connectivity index (χ3v) is 7.13. The van der Waals surface area contributed by atoms with Crippen LogP contribution in [0.4, 0.5) is 26.3 Å². The molecule has 5 aromatic rings. The van der Waals surface area contributed by atoms with Gasteiger partial charge in [0.05, 0.1) is 22.5 Å². The van der Waals surface area contributed by atoms with Crippen molar-refractivity contribution in [2.45, 2.75) is 25.1 Å². The van der Waals surface area contributed by atoms with Crippen LogP contribution in [-0.4, -0.2) is 55.6 Å².